The summed E-state index contributed by atoms with van der Waals surface area (Å²) in [5, 5.41) is 23.0. The average Bonchev–Trinajstić information content (AvgIpc) is 2.21. The summed E-state index contributed by atoms with van der Waals surface area (Å²) in [5.41, 5.74) is 1.24. The van der Waals surface area contributed by atoms with Crippen LogP contribution in [0.15, 0.2) is 12.1 Å². The first-order valence-electron chi connectivity index (χ1n) is 4.94. The molecule has 1 aromatic carbocycles. The maximum Gasteiger partial charge on any atom is 0.124 e. The first kappa shape index (κ1) is 12.3. The summed E-state index contributed by atoms with van der Waals surface area (Å²) in [6.45, 7) is 2.32. The van der Waals surface area contributed by atoms with Crippen LogP contribution in [-0.4, -0.2) is 23.8 Å². The molecule has 1 atom stereocenters. The Morgan fingerprint density at radius 2 is 2.13 bits per heavy atom. The lowest BCUT2D eigenvalue weighted by Gasteiger charge is -2.15. The van der Waals surface area contributed by atoms with E-state index in [0.29, 0.717) is 23.6 Å². The molecule has 84 valence electrons. The van der Waals surface area contributed by atoms with Crippen molar-refractivity contribution in [2.75, 3.05) is 13.6 Å². The summed E-state index contributed by atoms with van der Waals surface area (Å²) < 4.78 is 0. The number of hydrogen-bond acceptors (Lipinski definition) is 3. The highest BCUT2D eigenvalue weighted by atomic mass is 35.5. The second-order valence-corrected chi connectivity index (χ2v) is 3.87. The van der Waals surface area contributed by atoms with E-state index >= 15 is 0 Å². The van der Waals surface area contributed by atoms with Crippen LogP contribution in [0.2, 0.25) is 5.02 Å². The van der Waals surface area contributed by atoms with Crippen molar-refractivity contribution in [3.8, 4) is 5.75 Å². The molecule has 1 rings (SSSR count). The number of rotatable bonds is 4. The fourth-order valence-electron chi connectivity index (χ4n) is 1.51. The molecule has 0 saturated heterocycles. The minimum atomic E-state index is -0.737. The van der Waals surface area contributed by atoms with Gasteiger partial charge in [-0.3, -0.25) is 0 Å². The molecule has 1 aromatic rings. The first-order valence-corrected chi connectivity index (χ1v) is 5.31. The molecular formula is C11H16ClNO2. The Balaban J connectivity index is 3.11. The van der Waals surface area contributed by atoms with Gasteiger partial charge < -0.3 is 15.5 Å². The van der Waals surface area contributed by atoms with Crippen LogP contribution < -0.4 is 5.32 Å². The van der Waals surface area contributed by atoms with Crippen LogP contribution >= 0.6 is 11.6 Å². The van der Waals surface area contributed by atoms with Crippen LogP contribution in [0.4, 0.5) is 0 Å². The Morgan fingerprint density at radius 1 is 1.47 bits per heavy atom. The lowest BCUT2D eigenvalue weighted by Crippen LogP contribution is -2.17. The zero-order valence-electron chi connectivity index (χ0n) is 8.92. The van der Waals surface area contributed by atoms with Crippen LogP contribution in [0.5, 0.6) is 5.75 Å². The molecule has 0 radical (unpaired) electrons. The molecule has 0 bridgehead atoms. The third-order valence-electron chi connectivity index (χ3n) is 2.32. The van der Waals surface area contributed by atoms with Crippen molar-refractivity contribution in [2.24, 2.45) is 0 Å². The molecule has 1 unspecified atom stereocenters. The maximum absolute atomic E-state index is 9.86. The van der Waals surface area contributed by atoms with Crippen molar-refractivity contribution in [1.29, 1.82) is 0 Å². The highest BCUT2D eigenvalue weighted by molar-refractivity contribution is 6.30. The second kappa shape index (κ2) is 5.35. The van der Waals surface area contributed by atoms with Gasteiger partial charge in [-0.1, -0.05) is 18.5 Å². The van der Waals surface area contributed by atoms with Crippen LogP contribution in [0.25, 0.3) is 0 Å². The van der Waals surface area contributed by atoms with E-state index in [1.165, 1.54) is 0 Å². The molecule has 0 aromatic heterocycles. The van der Waals surface area contributed by atoms with Crippen molar-refractivity contribution in [2.45, 2.75) is 19.4 Å². The molecule has 15 heavy (non-hydrogen) atoms. The first-order chi connectivity index (χ1) is 7.10. The minimum Gasteiger partial charge on any atom is -0.507 e. The van der Waals surface area contributed by atoms with Crippen molar-refractivity contribution < 1.29 is 10.2 Å². The number of benzene rings is 1. The van der Waals surface area contributed by atoms with Crippen LogP contribution in [-0.2, 0) is 6.42 Å². The van der Waals surface area contributed by atoms with Gasteiger partial charge in [-0.25, -0.2) is 0 Å². The van der Waals surface area contributed by atoms with Crippen LogP contribution in [0, 0.1) is 0 Å². The van der Waals surface area contributed by atoms with Gasteiger partial charge in [0.2, 0.25) is 0 Å². The normalized spacial score (nSPS) is 12.8. The smallest absolute Gasteiger partial charge is 0.124 e. The number of aromatic hydroxyl groups is 1. The number of hydrogen-bond donors (Lipinski definition) is 3. The van der Waals surface area contributed by atoms with Gasteiger partial charge >= 0.3 is 0 Å². The molecule has 0 aliphatic rings. The van der Waals surface area contributed by atoms with Gasteiger partial charge in [0.1, 0.15) is 5.75 Å². The molecule has 3 N–H and O–H groups in total. The number of phenols is 1. The van der Waals surface area contributed by atoms with E-state index in [-0.39, 0.29) is 5.75 Å². The molecule has 0 spiro atoms. The second-order valence-electron chi connectivity index (χ2n) is 3.43. The number of phenolic OH excluding ortho intramolecular Hbond substituents is 1. The van der Waals surface area contributed by atoms with Crippen molar-refractivity contribution in [3.05, 3.63) is 28.3 Å². The maximum atomic E-state index is 9.86. The van der Waals surface area contributed by atoms with E-state index in [0.717, 1.165) is 5.56 Å². The molecule has 0 saturated carbocycles. The van der Waals surface area contributed by atoms with E-state index < -0.39 is 6.10 Å². The van der Waals surface area contributed by atoms with E-state index in [1.54, 1.807) is 19.2 Å². The zero-order valence-corrected chi connectivity index (χ0v) is 9.67. The molecule has 0 amide bonds. The van der Waals surface area contributed by atoms with Crippen LogP contribution in [0.3, 0.4) is 0 Å². The Bertz CT molecular complexity index is 342. The van der Waals surface area contributed by atoms with Gasteiger partial charge in [0.15, 0.2) is 0 Å². The zero-order chi connectivity index (χ0) is 11.4. The third kappa shape index (κ3) is 2.84. The van der Waals surface area contributed by atoms with Crippen molar-refractivity contribution >= 4 is 11.6 Å². The molecule has 3 nitrogen and oxygen atoms in total. The SMILES string of the molecule is CCc1cc(Cl)cc(C(O)CNC)c1O. The number of aliphatic hydroxyl groups is 1. The fraction of sp³-hybridized carbons (Fsp3) is 0.455. The molecule has 0 aliphatic heterocycles. The Kier molecular flexibility index (Phi) is 4.39. The molecule has 4 heteroatoms. The fourth-order valence-corrected chi connectivity index (χ4v) is 1.75. The van der Waals surface area contributed by atoms with Gasteiger partial charge in [-0.05, 0) is 31.2 Å². The van der Waals surface area contributed by atoms with Crippen LogP contribution in [0.1, 0.15) is 24.2 Å². The van der Waals surface area contributed by atoms with Gasteiger partial charge in [0.25, 0.3) is 0 Å². The Labute approximate surface area is 94.7 Å². The third-order valence-corrected chi connectivity index (χ3v) is 2.54. The summed E-state index contributed by atoms with van der Waals surface area (Å²) in [6.07, 6.45) is -0.0509. The number of aryl methyl sites for hydroxylation is 1. The Hall–Kier alpha value is -0.770. The molecule has 0 aliphatic carbocycles. The minimum absolute atomic E-state index is 0.143. The summed E-state index contributed by atoms with van der Waals surface area (Å²) in [4.78, 5) is 0. The molecular weight excluding hydrogens is 214 g/mol. The summed E-state index contributed by atoms with van der Waals surface area (Å²) in [5.74, 6) is 0.143. The number of likely N-dealkylation sites (N-methyl/N-ethyl adjacent to an activating group) is 1. The van der Waals surface area contributed by atoms with E-state index in [9.17, 15) is 10.2 Å². The predicted molar refractivity (Wildman–Crippen MR) is 61.4 cm³/mol. The number of aliphatic hydroxyl groups excluding tert-OH is 1. The highest BCUT2D eigenvalue weighted by Gasteiger charge is 2.15. The average molecular weight is 230 g/mol. The van der Waals surface area contributed by atoms with Gasteiger partial charge in [0.05, 0.1) is 6.10 Å². The van der Waals surface area contributed by atoms with Gasteiger partial charge in [-0.15, -0.1) is 0 Å². The van der Waals surface area contributed by atoms with E-state index in [4.69, 9.17) is 11.6 Å². The quantitative estimate of drug-likeness (QED) is 0.739. The van der Waals surface area contributed by atoms with E-state index in [2.05, 4.69) is 5.32 Å². The van der Waals surface area contributed by atoms with Crippen molar-refractivity contribution in [3.63, 3.8) is 0 Å². The topological polar surface area (TPSA) is 52.5 Å². The summed E-state index contributed by atoms with van der Waals surface area (Å²) in [6, 6.07) is 3.31. The Morgan fingerprint density at radius 3 is 2.67 bits per heavy atom. The largest absolute Gasteiger partial charge is 0.507 e. The van der Waals surface area contributed by atoms with Gasteiger partial charge in [0, 0.05) is 17.1 Å². The van der Waals surface area contributed by atoms with Crippen molar-refractivity contribution in [1.82, 2.24) is 5.32 Å². The van der Waals surface area contributed by atoms with E-state index in [1.807, 2.05) is 6.92 Å². The lowest BCUT2D eigenvalue weighted by molar-refractivity contribution is 0.173. The summed E-state index contributed by atoms with van der Waals surface area (Å²) >= 11 is 5.90. The number of nitrogens with one attached hydrogen (secondary N) is 1. The lowest BCUT2D eigenvalue weighted by atomic mass is 10.0. The molecule has 0 heterocycles. The molecule has 0 fully saturated rings. The predicted octanol–water partition coefficient (Wildman–Crippen LogP) is 1.86. The highest BCUT2D eigenvalue weighted by Crippen LogP contribution is 2.31. The monoisotopic (exact) mass is 229 g/mol. The standard InChI is InChI=1S/C11H16ClNO2/c1-3-7-4-8(12)5-9(11(7)15)10(14)6-13-2/h4-5,10,13-15H,3,6H2,1-2H3. The summed E-state index contributed by atoms with van der Waals surface area (Å²) in [7, 11) is 1.74. The van der Waals surface area contributed by atoms with Gasteiger partial charge in [-0.2, -0.15) is 0 Å². The number of halogens is 1.